The largest absolute Gasteiger partial charge is 0.465 e. The van der Waals surface area contributed by atoms with Crippen molar-refractivity contribution < 1.29 is 19.5 Å². The third-order valence-corrected chi connectivity index (χ3v) is 2.58. The average molecular weight is 295 g/mol. The Morgan fingerprint density at radius 3 is 2.33 bits per heavy atom. The molecular formula is C15H22N2O4. The van der Waals surface area contributed by atoms with E-state index in [2.05, 4.69) is 10.4 Å². The first-order valence-corrected chi connectivity index (χ1v) is 6.63. The van der Waals surface area contributed by atoms with E-state index >= 15 is 0 Å². The van der Waals surface area contributed by atoms with Gasteiger partial charge in [0.2, 0.25) is 0 Å². The van der Waals surface area contributed by atoms with Crippen molar-refractivity contribution in [2.75, 3.05) is 20.1 Å². The Morgan fingerprint density at radius 1 is 1.29 bits per heavy atom. The Hall–Kier alpha value is -2.37. The topological polar surface area (TPSA) is 86.7 Å². The molecule has 0 aromatic heterocycles. The highest BCUT2D eigenvalue weighted by atomic mass is 16.4. The lowest BCUT2D eigenvalue weighted by atomic mass is 10.2. The molecule has 0 aliphatic heterocycles. The fraction of sp³-hybridized carbons (Fsp3) is 0.400. The normalized spacial score (nSPS) is 9.57. The maximum atomic E-state index is 11.4. The minimum Gasteiger partial charge on any atom is -0.465 e. The smallest absolute Gasteiger partial charge is 0.407 e. The zero-order chi connectivity index (χ0) is 17.0. The fourth-order valence-corrected chi connectivity index (χ4v) is 1.17. The van der Waals surface area contributed by atoms with Gasteiger partial charge in [-0.15, -0.1) is 0 Å². The van der Waals surface area contributed by atoms with E-state index in [4.69, 9.17) is 1.43 Å². The quantitative estimate of drug-likeness (QED) is 0.870. The van der Waals surface area contributed by atoms with Gasteiger partial charge in [0.15, 0.2) is 0 Å². The Morgan fingerprint density at radius 2 is 1.90 bits per heavy atom. The van der Waals surface area contributed by atoms with Crippen LogP contribution in [0.3, 0.4) is 0 Å². The van der Waals surface area contributed by atoms with Crippen molar-refractivity contribution in [3.63, 3.8) is 0 Å². The van der Waals surface area contributed by atoms with Crippen LogP contribution in [0.25, 0.3) is 1.43 Å². The highest BCUT2D eigenvalue weighted by Crippen LogP contribution is 1.97. The van der Waals surface area contributed by atoms with Gasteiger partial charge in [0.25, 0.3) is 7.34 Å². The molecule has 0 fully saturated rings. The number of carboxylic acid groups (broad SMARTS) is 1. The third-order valence-electron chi connectivity index (χ3n) is 2.58. The minimum absolute atomic E-state index is 0.0818. The number of hydrogen-bond donors (Lipinski definition) is 2. The zero-order valence-corrected chi connectivity index (χ0v) is 12.6. The zero-order valence-electron chi connectivity index (χ0n) is 13.6. The molecule has 0 saturated heterocycles. The maximum absolute atomic E-state index is 11.4. The standard InChI is InChI=1S/C11H13NO2.C4H9NO2/c1-9(13)7-8-12-11(14)10-5-3-2-4-6-10;1-3-5(2)4(6)7/h2-6H,7-8H2,1H3,(H,12,14);3H2,1-2H3,(H,6,7)/i/hD. The van der Waals surface area contributed by atoms with Crippen LogP contribution < -0.4 is 5.32 Å². The first-order valence-electron chi connectivity index (χ1n) is 7.04. The molecule has 0 saturated carbocycles. The van der Waals surface area contributed by atoms with Crippen LogP contribution in [0.5, 0.6) is 0 Å². The number of hydrogen-bond acceptors (Lipinski definition) is 4. The summed E-state index contributed by atoms with van der Waals surface area (Å²) in [6, 6.07) is 8.94. The molecule has 0 radical (unpaired) electrons. The lowest BCUT2D eigenvalue weighted by Gasteiger charge is -2.06. The van der Waals surface area contributed by atoms with Crippen molar-refractivity contribution >= 4 is 17.8 Å². The highest BCUT2D eigenvalue weighted by molar-refractivity contribution is 5.94. The van der Waals surface area contributed by atoms with Gasteiger partial charge in [-0.1, -0.05) is 18.2 Å². The van der Waals surface area contributed by atoms with Crippen molar-refractivity contribution in [1.82, 2.24) is 10.2 Å². The summed E-state index contributed by atoms with van der Waals surface area (Å²) in [7, 11) is 1.57. The summed E-state index contributed by atoms with van der Waals surface area (Å²) in [6.07, 6.45) is -0.231. The van der Waals surface area contributed by atoms with Crippen LogP contribution in [-0.4, -0.2) is 47.9 Å². The van der Waals surface area contributed by atoms with E-state index in [-0.39, 0.29) is 11.7 Å². The number of carbonyl (C=O) groups excluding carboxylic acids is 2. The molecule has 1 rings (SSSR count). The van der Waals surface area contributed by atoms with Crippen LogP contribution >= 0.6 is 0 Å². The molecule has 1 aromatic carbocycles. The number of nitrogens with one attached hydrogen (secondary N) is 1. The summed E-state index contributed by atoms with van der Waals surface area (Å²) in [5.41, 5.74) is 0.621. The Kier molecular flexibility index (Phi) is 8.28. The first kappa shape index (κ1) is 16.7. The maximum Gasteiger partial charge on any atom is 0.407 e. The molecule has 1 aromatic rings. The molecule has 0 aliphatic rings. The summed E-state index contributed by atoms with van der Waals surface area (Å²) in [4.78, 5) is 33.6. The number of amides is 2. The SMILES string of the molecule is CC(=O)CCNC(=O)c1ccccc1.[2H]OC(=O)N(C)CC. The molecule has 21 heavy (non-hydrogen) atoms. The van der Waals surface area contributed by atoms with Gasteiger partial charge >= 0.3 is 6.09 Å². The molecule has 0 spiro atoms. The van der Waals surface area contributed by atoms with Crippen molar-refractivity contribution in [2.24, 2.45) is 0 Å². The van der Waals surface area contributed by atoms with E-state index in [0.717, 1.165) is 0 Å². The molecule has 6 heteroatoms. The predicted octanol–water partition coefficient (Wildman–Crippen LogP) is 2.01. The van der Waals surface area contributed by atoms with E-state index in [1.807, 2.05) is 6.07 Å². The Bertz CT molecular complexity index is 480. The summed E-state index contributed by atoms with van der Waals surface area (Å²) < 4.78 is 6.15. The molecule has 0 heterocycles. The van der Waals surface area contributed by atoms with Crippen molar-refractivity contribution in [3.05, 3.63) is 35.9 Å². The predicted molar refractivity (Wildman–Crippen MR) is 80.4 cm³/mol. The van der Waals surface area contributed by atoms with E-state index < -0.39 is 6.09 Å². The van der Waals surface area contributed by atoms with E-state index in [1.54, 1.807) is 38.2 Å². The van der Waals surface area contributed by atoms with Gasteiger partial charge in [-0.2, -0.15) is 0 Å². The third kappa shape index (κ3) is 9.21. The van der Waals surface area contributed by atoms with Crippen molar-refractivity contribution in [1.29, 1.82) is 1.43 Å². The van der Waals surface area contributed by atoms with Crippen LogP contribution in [0.1, 0.15) is 30.6 Å². The molecule has 0 atom stereocenters. The molecule has 0 bridgehead atoms. The minimum atomic E-state index is -0.618. The van der Waals surface area contributed by atoms with Gasteiger partial charge < -0.3 is 15.3 Å². The van der Waals surface area contributed by atoms with Crippen LogP contribution in [0.2, 0.25) is 0 Å². The molecule has 116 valence electrons. The van der Waals surface area contributed by atoms with Crippen molar-refractivity contribution in [2.45, 2.75) is 20.3 Å². The highest BCUT2D eigenvalue weighted by Gasteiger charge is 2.03. The lowest BCUT2D eigenvalue weighted by molar-refractivity contribution is -0.116. The van der Waals surface area contributed by atoms with Gasteiger partial charge in [0.1, 0.15) is 5.78 Å². The second-order valence-electron chi connectivity index (χ2n) is 4.35. The summed E-state index contributed by atoms with van der Waals surface area (Å²) >= 11 is 0. The van der Waals surface area contributed by atoms with Crippen LogP contribution in [0.15, 0.2) is 30.3 Å². The molecule has 0 unspecified atom stereocenters. The number of nitrogens with zero attached hydrogens (tertiary/aromatic N) is 1. The summed E-state index contributed by atoms with van der Waals surface area (Å²) in [5.74, 6) is -0.0507. The van der Waals surface area contributed by atoms with Gasteiger partial charge in [-0.25, -0.2) is 4.79 Å². The monoisotopic (exact) mass is 295 g/mol. The second-order valence-corrected chi connectivity index (χ2v) is 4.35. The van der Waals surface area contributed by atoms with Gasteiger partial charge in [0, 0.05) is 32.1 Å². The summed E-state index contributed by atoms with van der Waals surface area (Å²) in [6.45, 7) is 4.28. The van der Waals surface area contributed by atoms with E-state index in [1.165, 1.54) is 11.8 Å². The molecular weight excluding hydrogens is 272 g/mol. The van der Waals surface area contributed by atoms with Crippen LogP contribution in [0.4, 0.5) is 4.79 Å². The average Bonchev–Trinajstić information content (AvgIpc) is 2.54. The second kappa shape index (κ2) is 10.4. The van der Waals surface area contributed by atoms with Crippen molar-refractivity contribution in [3.8, 4) is 0 Å². The number of ketones is 1. The van der Waals surface area contributed by atoms with Gasteiger partial charge in [0.05, 0.1) is 0 Å². The van der Waals surface area contributed by atoms with Crippen LogP contribution in [0, 0.1) is 0 Å². The fourth-order valence-electron chi connectivity index (χ4n) is 1.17. The molecule has 6 nitrogen and oxygen atoms in total. The number of rotatable bonds is 5. The molecule has 2 N–H and O–H groups in total. The number of carbonyl (C=O) groups is 3. The summed E-state index contributed by atoms with van der Waals surface area (Å²) in [5, 5.41) is 6.31. The first-order chi connectivity index (χ1) is 10.4. The Labute approximate surface area is 126 Å². The number of Topliss-reactive ketones (excluding diaryl/α,β-unsaturated/α-hetero) is 1. The van der Waals surface area contributed by atoms with Gasteiger partial charge in [-0.05, 0) is 26.0 Å². The van der Waals surface area contributed by atoms with E-state index in [0.29, 0.717) is 25.1 Å². The molecule has 2 amide bonds. The molecule has 0 aliphatic carbocycles. The Balaban J connectivity index is 0.000000472. The van der Waals surface area contributed by atoms with E-state index in [9.17, 15) is 14.4 Å². The van der Waals surface area contributed by atoms with Crippen LogP contribution in [-0.2, 0) is 4.79 Å². The lowest BCUT2D eigenvalue weighted by Crippen LogP contribution is -2.25. The van der Waals surface area contributed by atoms with Gasteiger partial charge in [-0.3, -0.25) is 9.59 Å². The number of benzene rings is 1.